The molecule has 3 aromatic rings. The average Bonchev–Trinajstić information content (AvgIpc) is 2.91. The first-order chi connectivity index (χ1) is 10.6. The summed E-state index contributed by atoms with van der Waals surface area (Å²) in [5, 5.41) is 5.08. The van der Waals surface area contributed by atoms with Crippen LogP contribution in [-0.4, -0.2) is 20.7 Å². The molecule has 0 radical (unpaired) electrons. The number of hydrogen-bond donors (Lipinski definition) is 2. The van der Waals surface area contributed by atoms with Gasteiger partial charge in [-0.1, -0.05) is 41.9 Å². The number of guanidine groups is 1. The van der Waals surface area contributed by atoms with Crippen molar-refractivity contribution < 1.29 is 0 Å². The molecule has 22 heavy (non-hydrogen) atoms. The number of aliphatic imine (C=N–C) groups is 1. The largest absolute Gasteiger partial charge is 0.370 e. The molecular weight excluding hydrogens is 300 g/mol. The van der Waals surface area contributed by atoms with Crippen LogP contribution >= 0.6 is 11.6 Å². The lowest BCUT2D eigenvalue weighted by atomic mass is 10.2. The van der Waals surface area contributed by atoms with Gasteiger partial charge in [0.15, 0.2) is 11.8 Å². The Kier molecular flexibility index (Phi) is 3.76. The minimum absolute atomic E-state index is 0.0813. The number of nitrogens with two attached hydrogens (primary N) is 2. The van der Waals surface area contributed by atoms with Crippen molar-refractivity contribution in [3.63, 3.8) is 0 Å². The van der Waals surface area contributed by atoms with Crippen molar-refractivity contribution in [3.05, 3.63) is 59.6 Å². The van der Waals surface area contributed by atoms with Crippen LogP contribution in [0.1, 0.15) is 0 Å². The first kappa shape index (κ1) is 14.1. The van der Waals surface area contributed by atoms with Crippen molar-refractivity contribution in [2.45, 2.75) is 0 Å². The summed E-state index contributed by atoms with van der Waals surface area (Å²) in [5.74, 6) is 0.717. The fourth-order valence-electron chi connectivity index (χ4n) is 1.98. The third-order valence-electron chi connectivity index (χ3n) is 2.90. The van der Waals surface area contributed by atoms with Gasteiger partial charge in [-0.25, -0.2) is 0 Å². The smallest absolute Gasteiger partial charge is 0.256 e. The highest BCUT2D eigenvalue weighted by atomic mass is 35.5. The van der Waals surface area contributed by atoms with Crippen molar-refractivity contribution in [1.29, 1.82) is 0 Å². The fourth-order valence-corrected chi connectivity index (χ4v) is 2.17. The van der Waals surface area contributed by atoms with Crippen LogP contribution in [0.15, 0.2) is 59.6 Å². The molecule has 1 aromatic heterocycles. The van der Waals surface area contributed by atoms with Gasteiger partial charge in [0.25, 0.3) is 5.95 Å². The molecule has 0 aliphatic carbocycles. The molecule has 0 atom stereocenters. The first-order valence-electron chi connectivity index (χ1n) is 6.51. The number of para-hydroxylation sites is 1. The minimum atomic E-state index is -0.0813. The zero-order chi connectivity index (χ0) is 15.5. The Labute approximate surface area is 132 Å². The molecule has 0 spiro atoms. The second kappa shape index (κ2) is 5.87. The highest BCUT2D eigenvalue weighted by Crippen LogP contribution is 2.24. The summed E-state index contributed by atoms with van der Waals surface area (Å²) < 4.78 is 1.58. The van der Waals surface area contributed by atoms with Gasteiger partial charge in [-0.05, 0) is 24.3 Å². The van der Waals surface area contributed by atoms with E-state index in [0.29, 0.717) is 16.8 Å². The van der Waals surface area contributed by atoms with Crippen molar-refractivity contribution in [2.75, 3.05) is 0 Å². The summed E-state index contributed by atoms with van der Waals surface area (Å²) in [7, 11) is 0. The Bertz CT molecular complexity index is 821. The number of benzene rings is 2. The molecule has 0 unspecified atom stereocenters. The van der Waals surface area contributed by atoms with E-state index in [-0.39, 0.29) is 5.96 Å². The van der Waals surface area contributed by atoms with Gasteiger partial charge in [0, 0.05) is 10.6 Å². The van der Waals surface area contributed by atoms with Crippen molar-refractivity contribution in [1.82, 2.24) is 14.8 Å². The van der Waals surface area contributed by atoms with Crippen LogP contribution in [-0.2, 0) is 0 Å². The highest BCUT2D eigenvalue weighted by molar-refractivity contribution is 6.30. The standard InChI is InChI=1S/C15H13ClN6/c16-11-6-4-5-10(9-11)13-19-15(20-14(17)18)22(21-13)12-7-2-1-3-8-12/h1-9H,(H4,17,18,19,20,21). The van der Waals surface area contributed by atoms with Crippen molar-refractivity contribution >= 4 is 23.5 Å². The van der Waals surface area contributed by atoms with Crippen LogP contribution in [0, 0.1) is 0 Å². The first-order valence-corrected chi connectivity index (χ1v) is 6.89. The Morgan fingerprint density at radius 1 is 1.05 bits per heavy atom. The maximum Gasteiger partial charge on any atom is 0.256 e. The molecule has 4 N–H and O–H groups in total. The van der Waals surface area contributed by atoms with Gasteiger partial charge >= 0.3 is 0 Å². The lowest BCUT2D eigenvalue weighted by Crippen LogP contribution is -2.22. The molecular formula is C15H13ClN6. The monoisotopic (exact) mass is 312 g/mol. The molecule has 0 saturated carbocycles. The molecule has 6 nitrogen and oxygen atoms in total. The number of aromatic nitrogens is 3. The Hall–Kier alpha value is -2.86. The third kappa shape index (κ3) is 2.91. The predicted molar refractivity (Wildman–Crippen MR) is 87.3 cm³/mol. The summed E-state index contributed by atoms with van der Waals surface area (Å²) in [6, 6.07) is 16.8. The zero-order valence-corrected chi connectivity index (χ0v) is 12.3. The SMILES string of the molecule is NC(N)=Nc1nc(-c2cccc(Cl)c2)nn1-c1ccccc1. The molecule has 0 aliphatic heterocycles. The molecule has 1 heterocycles. The average molecular weight is 313 g/mol. The molecule has 3 rings (SSSR count). The van der Waals surface area contributed by atoms with E-state index in [1.165, 1.54) is 0 Å². The van der Waals surface area contributed by atoms with Gasteiger partial charge in [0.05, 0.1) is 5.69 Å². The lowest BCUT2D eigenvalue weighted by molar-refractivity contribution is 0.881. The predicted octanol–water partition coefficient (Wildman–Crippen LogP) is 2.49. The molecule has 0 saturated heterocycles. The lowest BCUT2D eigenvalue weighted by Gasteiger charge is -2.01. The number of halogens is 1. The molecule has 0 fully saturated rings. The van der Waals surface area contributed by atoms with Crippen molar-refractivity contribution in [3.8, 4) is 17.1 Å². The summed E-state index contributed by atoms with van der Waals surface area (Å²) in [6.07, 6.45) is 0. The Morgan fingerprint density at radius 3 is 2.50 bits per heavy atom. The summed E-state index contributed by atoms with van der Waals surface area (Å²) >= 11 is 6.01. The van der Waals surface area contributed by atoms with Crippen LogP contribution in [0.25, 0.3) is 17.1 Å². The summed E-state index contributed by atoms with van der Waals surface area (Å²) in [6.45, 7) is 0. The van der Waals surface area contributed by atoms with Crippen LogP contribution in [0.2, 0.25) is 5.02 Å². The van der Waals surface area contributed by atoms with E-state index >= 15 is 0 Å². The summed E-state index contributed by atoms with van der Waals surface area (Å²) in [4.78, 5) is 8.42. The summed E-state index contributed by atoms with van der Waals surface area (Å²) in [5.41, 5.74) is 12.5. The molecule has 0 amide bonds. The fraction of sp³-hybridized carbons (Fsp3) is 0. The van der Waals surface area contributed by atoms with Crippen molar-refractivity contribution in [2.24, 2.45) is 16.5 Å². The second-order valence-corrected chi connectivity index (χ2v) is 4.97. The topological polar surface area (TPSA) is 95.1 Å². The van der Waals surface area contributed by atoms with E-state index in [9.17, 15) is 0 Å². The highest BCUT2D eigenvalue weighted by Gasteiger charge is 2.13. The normalized spacial score (nSPS) is 10.4. The number of rotatable bonds is 3. The minimum Gasteiger partial charge on any atom is -0.370 e. The third-order valence-corrected chi connectivity index (χ3v) is 3.14. The van der Waals surface area contributed by atoms with Crippen LogP contribution in [0.5, 0.6) is 0 Å². The maximum absolute atomic E-state index is 6.01. The molecule has 7 heteroatoms. The van der Waals surface area contributed by atoms with Gasteiger partial charge in [0.1, 0.15) is 0 Å². The van der Waals surface area contributed by atoms with E-state index in [4.69, 9.17) is 23.1 Å². The number of nitrogens with zero attached hydrogens (tertiary/aromatic N) is 4. The molecule has 2 aromatic carbocycles. The van der Waals surface area contributed by atoms with Gasteiger partial charge < -0.3 is 11.5 Å². The van der Waals surface area contributed by atoms with E-state index in [1.54, 1.807) is 16.8 Å². The van der Waals surface area contributed by atoms with E-state index < -0.39 is 0 Å². The maximum atomic E-state index is 6.01. The van der Waals surface area contributed by atoms with Crippen LogP contribution in [0.3, 0.4) is 0 Å². The quantitative estimate of drug-likeness (QED) is 0.573. The second-order valence-electron chi connectivity index (χ2n) is 4.53. The van der Waals surface area contributed by atoms with Gasteiger partial charge in [-0.3, -0.25) is 0 Å². The Morgan fingerprint density at radius 2 is 1.82 bits per heavy atom. The molecule has 110 valence electrons. The molecule has 0 bridgehead atoms. The van der Waals surface area contributed by atoms with Crippen LogP contribution < -0.4 is 11.5 Å². The zero-order valence-electron chi connectivity index (χ0n) is 11.5. The van der Waals surface area contributed by atoms with Crippen LogP contribution in [0.4, 0.5) is 5.95 Å². The van der Waals surface area contributed by atoms with Gasteiger partial charge in [-0.2, -0.15) is 14.7 Å². The number of hydrogen-bond acceptors (Lipinski definition) is 3. The van der Waals surface area contributed by atoms with E-state index in [1.807, 2.05) is 42.5 Å². The molecule has 0 aliphatic rings. The Balaban J connectivity index is 2.15. The van der Waals surface area contributed by atoms with E-state index in [2.05, 4.69) is 15.1 Å². The van der Waals surface area contributed by atoms with Gasteiger partial charge in [-0.15, -0.1) is 5.10 Å². The van der Waals surface area contributed by atoms with E-state index in [0.717, 1.165) is 11.3 Å². The van der Waals surface area contributed by atoms with Gasteiger partial charge in [0.2, 0.25) is 0 Å².